The molecular formula is C50H74N12O14S2. The number of hydrogen-bond donors (Lipinski definition) is 12. The molecular weight excluding hydrogens is 1060 g/mol. The topological polar surface area (TPSA) is 398 Å². The van der Waals surface area contributed by atoms with E-state index in [4.69, 9.17) is 11.5 Å². The van der Waals surface area contributed by atoms with Gasteiger partial charge in [0.15, 0.2) is 0 Å². The Kier molecular flexibility index (Phi) is 24.0. The van der Waals surface area contributed by atoms with E-state index in [1.54, 1.807) is 6.20 Å². The monoisotopic (exact) mass is 1130 g/mol. The highest BCUT2D eigenvalue weighted by molar-refractivity contribution is 7.98. The zero-order valence-electron chi connectivity index (χ0n) is 44.0. The molecule has 430 valence electrons. The number of aromatic nitrogens is 1. The van der Waals surface area contributed by atoms with E-state index in [1.807, 2.05) is 36.8 Å². The molecule has 3 fully saturated rings. The first-order chi connectivity index (χ1) is 37.2. The summed E-state index contributed by atoms with van der Waals surface area (Å²) in [7, 11) is 0. The Bertz CT molecular complexity index is 2500. The van der Waals surface area contributed by atoms with Gasteiger partial charge in [-0.05, 0) is 107 Å². The van der Waals surface area contributed by atoms with Crippen LogP contribution in [-0.4, -0.2) is 217 Å². The number of aliphatic hydroxyl groups is 2. The number of aliphatic hydroxyl groups excluding tert-OH is 2. The molecule has 0 radical (unpaired) electrons. The molecule has 1 aromatic carbocycles. The van der Waals surface area contributed by atoms with Crippen LogP contribution >= 0.6 is 23.5 Å². The van der Waals surface area contributed by atoms with Crippen LogP contribution in [-0.2, 0) is 59.2 Å². The van der Waals surface area contributed by atoms with Gasteiger partial charge in [-0.3, -0.25) is 52.7 Å². The normalized spacial score (nSPS) is 19.9. The van der Waals surface area contributed by atoms with E-state index < -0.39 is 152 Å². The molecule has 78 heavy (non-hydrogen) atoms. The number of amides is 10. The van der Waals surface area contributed by atoms with Gasteiger partial charge in [-0.25, -0.2) is 0 Å². The maximum atomic E-state index is 14.4. The number of carboxylic acid groups (broad SMARTS) is 1. The van der Waals surface area contributed by atoms with Gasteiger partial charge in [-0.2, -0.15) is 23.5 Å². The largest absolute Gasteiger partial charge is 0.481 e. The number of para-hydroxylation sites is 1. The van der Waals surface area contributed by atoms with Crippen molar-refractivity contribution < 1.29 is 68.1 Å². The van der Waals surface area contributed by atoms with E-state index in [2.05, 4.69) is 36.9 Å². The van der Waals surface area contributed by atoms with Crippen LogP contribution in [0.2, 0.25) is 0 Å². The Morgan fingerprint density at radius 3 is 1.69 bits per heavy atom. The molecule has 0 unspecified atom stereocenters. The number of aliphatic carboxylic acids is 1. The van der Waals surface area contributed by atoms with Gasteiger partial charge in [-0.15, -0.1) is 0 Å². The standard InChI is InChI=1S/C50H74N12O14S2/c1-27(64)41(59-44(70)35(26-63)55-39(65)25-54-43(69)30(51)23-28-24-53-31-10-5-4-9-29(28)31)50(76)62-20-8-13-38(62)47(73)57-33(14-15-40(66)67)48(74)60-18-7-12-37(60)46(72)58-34(17-22-78-3)49(75)61-19-6-11-36(61)45(71)56-32(42(52)68)16-21-77-2/h4-5,9-10,24,27,30,32-38,41,53,63-64H,6-8,11-23,25-26,51H2,1-3H3,(H2,52,68)(H,54,69)(H,55,65)(H,56,71)(H,57,73)(H,58,72)(H,59,70)(H,66,67)/t27-,30+,32+,33+,34+,35+,36+,37+,38+,41+/m1/s1. The molecule has 0 aliphatic carbocycles. The summed E-state index contributed by atoms with van der Waals surface area (Å²) in [5, 5.41) is 46.4. The fraction of sp³-hybridized carbons (Fsp3) is 0.620. The molecule has 0 bridgehead atoms. The van der Waals surface area contributed by atoms with Gasteiger partial charge >= 0.3 is 5.97 Å². The van der Waals surface area contributed by atoms with Crippen molar-refractivity contribution in [1.29, 1.82) is 0 Å². The van der Waals surface area contributed by atoms with Crippen LogP contribution in [0.3, 0.4) is 0 Å². The minimum atomic E-state index is -1.71. The molecule has 28 heteroatoms. The van der Waals surface area contributed by atoms with E-state index in [0.717, 1.165) is 21.4 Å². The number of likely N-dealkylation sites (tertiary alicyclic amines) is 3. The average Bonchev–Trinajstić information content (AvgIpc) is 4.27. The smallest absolute Gasteiger partial charge is 0.303 e. The third-order valence-electron chi connectivity index (χ3n) is 14.0. The van der Waals surface area contributed by atoms with Crippen LogP contribution in [0.4, 0.5) is 0 Å². The summed E-state index contributed by atoms with van der Waals surface area (Å²) in [5.74, 6) is -7.95. The van der Waals surface area contributed by atoms with Crippen LogP contribution in [0.15, 0.2) is 30.5 Å². The van der Waals surface area contributed by atoms with Crippen LogP contribution in [0, 0.1) is 0 Å². The van der Waals surface area contributed by atoms with Crippen molar-refractivity contribution >= 4 is 99.5 Å². The lowest BCUT2D eigenvalue weighted by atomic mass is 10.1. The SMILES string of the molecule is CSCC[C@H](NC(=O)[C@@H]1CCCN1C(=O)[C@H](CCSC)NC(=O)[C@@H]1CCCN1C(=O)[C@H](CCC(=O)O)NC(=O)[C@@H]1CCCN1C(=O)[C@@H](NC(=O)[C@H](CO)NC(=O)CNC(=O)[C@@H](N)Cc1c[nH]c2ccccc12)[C@@H](C)O)C(N)=O. The van der Waals surface area contributed by atoms with Crippen molar-refractivity contribution in [2.75, 3.05) is 56.8 Å². The van der Waals surface area contributed by atoms with E-state index in [-0.39, 0.29) is 51.7 Å². The summed E-state index contributed by atoms with van der Waals surface area (Å²) in [5.41, 5.74) is 13.3. The number of carbonyl (C=O) groups excluding carboxylic acids is 10. The van der Waals surface area contributed by atoms with Crippen LogP contribution < -0.4 is 43.4 Å². The lowest BCUT2D eigenvalue weighted by molar-refractivity contribution is -0.146. The van der Waals surface area contributed by atoms with Crippen molar-refractivity contribution in [3.63, 3.8) is 0 Å². The van der Waals surface area contributed by atoms with Gasteiger partial charge in [0.1, 0.15) is 48.3 Å². The van der Waals surface area contributed by atoms with Crippen molar-refractivity contribution in [2.24, 2.45) is 11.5 Å². The summed E-state index contributed by atoms with van der Waals surface area (Å²) >= 11 is 2.90. The number of hydrogen-bond acceptors (Lipinski definition) is 16. The molecule has 0 saturated carbocycles. The summed E-state index contributed by atoms with van der Waals surface area (Å²) in [4.78, 5) is 154. The van der Waals surface area contributed by atoms with Crippen LogP contribution in [0.25, 0.3) is 10.9 Å². The first kappa shape index (κ1) is 62.4. The van der Waals surface area contributed by atoms with E-state index in [9.17, 15) is 68.1 Å². The third-order valence-corrected chi connectivity index (χ3v) is 15.3. The molecule has 3 aliphatic rings. The van der Waals surface area contributed by atoms with Crippen molar-refractivity contribution in [1.82, 2.24) is 51.6 Å². The molecule has 10 atom stereocenters. The van der Waals surface area contributed by atoms with Crippen molar-refractivity contribution in [3.8, 4) is 0 Å². The molecule has 10 amide bonds. The Morgan fingerprint density at radius 1 is 0.692 bits per heavy atom. The molecule has 5 rings (SSSR count). The Balaban J connectivity index is 1.20. The number of nitrogens with one attached hydrogen (secondary N) is 7. The maximum Gasteiger partial charge on any atom is 0.303 e. The number of fused-ring (bicyclic) bond motifs is 1. The van der Waals surface area contributed by atoms with Crippen molar-refractivity contribution in [2.45, 2.75) is 138 Å². The third kappa shape index (κ3) is 16.8. The second-order valence-corrected chi connectivity index (χ2v) is 21.5. The van der Waals surface area contributed by atoms with Crippen LogP contribution in [0.5, 0.6) is 0 Å². The molecule has 1 aromatic heterocycles. The van der Waals surface area contributed by atoms with E-state index in [1.165, 1.54) is 40.2 Å². The Hall–Kier alpha value is -6.49. The van der Waals surface area contributed by atoms with E-state index in [0.29, 0.717) is 37.2 Å². The van der Waals surface area contributed by atoms with Crippen molar-refractivity contribution in [3.05, 3.63) is 36.0 Å². The van der Waals surface area contributed by atoms with Gasteiger partial charge in [0, 0.05) is 43.2 Å². The number of thioether (sulfide) groups is 2. The molecule has 4 heterocycles. The lowest BCUT2D eigenvalue weighted by Gasteiger charge is -2.33. The molecule has 0 spiro atoms. The summed E-state index contributed by atoms with van der Waals surface area (Å²) in [6.07, 6.45) is 5.09. The Labute approximate surface area is 459 Å². The highest BCUT2D eigenvalue weighted by Gasteiger charge is 2.44. The summed E-state index contributed by atoms with van der Waals surface area (Å²) in [6, 6.07) is -3.86. The van der Waals surface area contributed by atoms with E-state index >= 15 is 0 Å². The minimum absolute atomic E-state index is 0.0359. The molecule has 14 N–H and O–H groups in total. The number of benzene rings is 1. The first-order valence-corrected chi connectivity index (χ1v) is 28.8. The number of rotatable bonds is 29. The number of aromatic amines is 1. The maximum absolute atomic E-state index is 14.4. The zero-order valence-corrected chi connectivity index (χ0v) is 45.7. The number of nitrogens with two attached hydrogens (primary N) is 2. The second kappa shape index (κ2) is 30.0. The molecule has 3 saturated heterocycles. The van der Waals surface area contributed by atoms with Gasteiger partial charge in [0.25, 0.3) is 0 Å². The number of nitrogens with zero attached hydrogens (tertiary/aromatic N) is 3. The summed E-state index contributed by atoms with van der Waals surface area (Å²) < 4.78 is 0. The number of H-pyrrole nitrogens is 1. The number of primary amides is 1. The minimum Gasteiger partial charge on any atom is -0.481 e. The predicted molar refractivity (Wildman–Crippen MR) is 288 cm³/mol. The van der Waals surface area contributed by atoms with Crippen LogP contribution in [0.1, 0.15) is 76.7 Å². The van der Waals surface area contributed by atoms with Gasteiger partial charge in [0.05, 0.1) is 25.3 Å². The second-order valence-electron chi connectivity index (χ2n) is 19.6. The highest BCUT2D eigenvalue weighted by Crippen LogP contribution is 2.25. The molecule has 26 nitrogen and oxygen atoms in total. The molecule has 2 aromatic rings. The fourth-order valence-corrected chi connectivity index (χ4v) is 10.8. The highest BCUT2D eigenvalue weighted by atomic mass is 32.2. The zero-order chi connectivity index (χ0) is 57.2. The lowest BCUT2D eigenvalue weighted by Crippen LogP contribution is -2.61. The van der Waals surface area contributed by atoms with Gasteiger partial charge in [-0.1, -0.05) is 18.2 Å². The first-order valence-electron chi connectivity index (χ1n) is 26.0. The fourth-order valence-electron chi connectivity index (χ4n) is 9.84. The van der Waals surface area contributed by atoms with Gasteiger partial charge < -0.3 is 78.4 Å². The summed E-state index contributed by atoms with van der Waals surface area (Å²) in [6.45, 7) is -0.171. The Morgan fingerprint density at radius 2 is 1.19 bits per heavy atom. The average molecular weight is 1130 g/mol. The quantitative estimate of drug-likeness (QED) is 0.0381. The number of carboxylic acids is 1. The number of carbonyl (C=O) groups is 11. The van der Waals surface area contributed by atoms with Gasteiger partial charge in [0.2, 0.25) is 59.1 Å². The predicted octanol–water partition coefficient (Wildman–Crippen LogP) is -3.22. The molecule has 3 aliphatic heterocycles.